The maximum Gasteiger partial charge on any atom is 0.422 e. The number of hydrogen-bond acceptors (Lipinski definition) is 3. The lowest BCUT2D eigenvalue weighted by Crippen LogP contribution is -2.38. The molecule has 26 heavy (non-hydrogen) atoms. The van der Waals surface area contributed by atoms with Gasteiger partial charge >= 0.3 is 6.09 Å². The molecule has 0 saturated heterocycles. The van der Waals surface area contributed by atoms with Gasteiger partial charge in [-0.1, -0.05) is 48.0 Å². The van der Waals surface area contributed by atoms with Gasteiger partial charge in [-0.2, -0.15) is 0 Å². The van der Waals surface area contributed by atoms with Gasteiger partial charge in [0.05, 0.1) is 11.3 Å². The average Bonchev–Trinajstić information content (AvgIpc) is 2.85. The Morgan fingerprint density at radius 3 is 2.23 bits per heavy atom. The normalized spacial score (nSPS) is 15.7. The molecule has 3 rings (SSSR count). The highest BCUT2D eigenvalue weighted by molar-refractivity contribution is 6.42. The molecule has 2 amide bonds. The molecule has 2 aromatic rings. The Morgan fingerprint density at radius 2 is 1.62 bits per heavy atom. The molecule has 0 aliphatic carbocycles. The van der Waals surface area contributed by atoms with Gasteiger partial charge in [0.15, 0.2) is 0 Å². The van der Waals surface area contributed by atoms with Crippen LogP contribution < -0.4 is 4.90 Å². The molecular weight excluding hydrogens is 326 g/mol. The van der Waals surface area contributed by atoms with Crippen LogP contribution in [0.2, 0.25) is 0 Å². The van der Waals surface area contributed by atoms with Gasteiger partial charge < -0.3 is 4.74 Å². The Bertz CT molecular complexity index is 902. The molecule has 0 unspecified atom stereocenters. The van der Waals surface area contributed by atoms with Crippen LogP contribution >= 0.6 is 0 Å². The van der Waals surface area contributed by atoms with Crippen molar-refractivity contribution >= 4 is 28.8 Å². The number of anilines is 1. The van der Waals surface area contributed by atoms with E-state index in [-0.39, 0.29) is 5.91 Å². The third-order valence-electron chi connectivity index (χ3n) is 4.27. The first-order valence-electron chi connectivity index (χ1n) is 8.64. The maximum atomic E-state index is 13.1. The van der Waals surface area contributed by atoms with Gasteiger partial charge in [-0.25, -0.2) is 9.69 Å². The number of fused-ring (bicyclic) bond motifs is 1. The maximum absolute atomic E-state index is 13.1. The monoisotopic (exact) mass is 349 g/mol. The van der Waals surface area contributed by atoms with Crippen LogP contribution in [0.25, 0.3) is 11.1 Å². The lowest BCUT2D eigenvalue weighted by molar-refractivity contribution is -0.112. The zero-order chi connectivity index (χ0) is 19.1. The average molecular weight is 349 g/mol. The molecule has 0 saturated carbocycles. The summed E-state index contributed by atoms with van der Waals surface area (Å²) in [6, 6.07) is 15.3. The minimum Gasteiger partial charge on any atom is -0.443 e. The van der Waals surface area contributed by atoms with E-state index in [0.29, 0.717) is 11.3 Å². The molecule has 4 nitrogen and oxygen atoms in total. The van der Waals surface area contributed by atoms with E-state index in [9.17, 15) is 9.59 Å². The molecule has 0 bridgehead atoms. The first kappa shape index (κ1) is 17.9. The SMILES string of the molecule is C/C(=C1\C(=O)N(C(=O)OC(C)(C)C)c2ccccc21)c1ccc(C)cc1. The van der Waals surface area contributed by atoms with Crippen molar-refractivity contribution in [3.63, 3.8) is 0 Å². The van der Waals surface area contributed by atoms with Gasteiger partial charge in [0.25, 0.3) is 5.91 Å². The predicted molar refractivity (Wildman–Crippen MR) is 104 cm³/mol. The standard InChI is InChI=1S/C22H23NO3/c1-14-10-12-16(13-11-14)15(2)19-17-8-6-7-9-18(17)23(20(19)24)21(25)26-22(3,4)5/h6-13H,1-5H3/b19-15+. The highest BCUT2D eigenvalue weighted by atomic mass is 16.6. The number of para-hydroxylation sites is 1. The Kier molecular flexibility index (Phi) is 4.45. The molecule has 4 heteroatoms. The number of hydrogen-bond donors (Lipinski definition) is 0. The molecule has 134 valence electrons. The third kappa shape index (κ3) is 3.27. The molecule has 1 aliphatic heterocycles. The summed E-state index contributed by atoms with van der Waals surface area (Å²) in [4.78, 5) is 26.9. The minimum atomic E-state index is -0.676. The minimum absolute atomic E-state index is 0.349. The highest BCUT2D eigenvalue weighted by Gasteiger charge is 2.39. The molecule has 1 heterocycles. The first-order valence-corrected chi connectivity index (χ1v) is 8.64. The summed E-state index contributed by atoms with van der Waals surface area (Å²) in [5, 5.41) is 0. The van der Waals surface area contributed by atoms with Gasteiger partial charge in [0.1, 0.15) is 5.60 Å². The predicted octanol–water partition coefficient (Wildman–Crippen LogP) is 5.21. The Balaban J connectivity index is 2.11. The molecular formula is C22H23NO3. The molecule has 0 atom stereocenters. The highest BCUT2D eigenvalue weighted by Crippen LogP contribution is 2.41. The molecule has 1 aliphatic rings. The number of benzene rings is 2. The van der Waals surface area contributed by atoms with Crippen LogP contribution in [-0.2, 0) is 9.53 Å². The second-order valence-corrected chi connectivity index (χ2v) is 7.50. The van der Waals surface area contributed by atoms with Crippen LogP contribution in [0.5, 0.6) is 0 Å². The Labute approximate surface area is 154 Å². The van der Waals surface area contributed by atoms with E-state index in [2.05, 4.69) is 0 Å². The van der Waals surface area contributed by atoms with Gasteiger partial charge in [-0.3, -0.25) is 4.79 Å². The molecule has 0 radical (unpaired) electrons. The topological polar surface area (TPSA) is 46.6 Å². The van der Waals surface area contributed by atoms with Crippen molar-refractivity contribution < 1.29 is 14.3 Å². The Hall–Kier alpha value is -2.88. The van der Waals surface area contributed by atoms with Gasteiger partial charge in [-0.15, -0.1) is 0 Å². The summed E-state index contributed by atoms with van der Waals surface area (Å²) in [5.74, 6) is -0.349. The van der Waals surface area contributed by atoms with Crippen molar-refractivity contribution in [2.24, 2.45) is 0 Å². The number of aryl methyl sites for hydroxylation is 1. The third-order valence-corrected chi connectivity index (χ3v) is 4.27. The fraction of sp³-hybridized carbons (Fsp3) is 0.273. The van der Waals surface area contributed by atoms with Crippen LogP contribution in [0.1, 0.15) is 44.4 Å². The lowest BCUT2D eigenvalue weighted by Gasteiger charge is -2.23. The molecule has 0 fully saturated rings. The van der Waals surface area contributed by atoms with Gasteiger partial charge in [-0.05, 0) is 51.8 Å². The van der Waals surface area contributed by atoms with Crippen LogP contribution in [-0.4, -0.2) is 17.6 Å². The van der Waals surface area contributed by atoms with Crippen molar-refractivity contribution in [1.29, 1.82) is 0 Å². The first-order chi connectivity index (χ1) is 12.2. The van der Waals surface area contributed by atoms with Crippen LogP contribution in [0.3, 0.4) is 0 Å². The van der Waals surface area contributed by atoms with E-state index < -0.39 is 11.7 Å². The fourth-order valence-corrected chi connectivity index (χ4v) is 3.02. The van der Waals surface area contributed by atoms with Crippen molar-refractivity contribution in [1.82, 2.24) is 0 Å². The summed E-state index contributed by atoms with van der Waals surface area (Å²) in [7, 11) is 0. The molecule has 0 spiro atoms. The summed E-state index contributed by atoms with van der Waals surface area (Å²) < 4.78 is 5.44. The van der Waals surface area contributed by atoms with Gasteiger partial charge in [0, 0.05) is 5.56 Å². The number of rotatable bonds is 1. The zero-order valence-electron chi connectivity index (χ0n) is 15.8. The van der Waals surface area contributed by atoms with Crippen molar-refractivity contribution in [3.8, 4) is 0 Å². The van der Waals surface area contributed by atoms with Crippen molar-refractivity contribution in [2.45, 2.75) is 40.2 Å². The fourth-order valence-electron chi connectivity index (χ4n) is 3.02. The van der Waals surface area contributed by atoms with E-state index in [1.54, 1.807) is 26.8 Å². The summed E-state index contributed by atoms with van der Waals surface area (Å²) in [6.07, 6.45) is -0.651. The second-order valence-electron chi connectivity index (χ2n) is 7.50. The van der Waals surface area contributed by atoms with E-state index in [0.717, 1.165) is 27.2 Å². The van der Waals surface area contributed by atoms with Crippen molar-refractivity contribution in [3.05, 3.63) is 65.2 Å². The summed E-state index contributed by atoms with van der Waals surface area (Å²) in [6.45, 7) is 9.28. The van der Waals surface area contributed by atoms with E-state index >= 15 is 0 Å². The largest absolute Gasteiger partial charge is 0.443 e. The summed E-state index contributed by atoms with van der Waals surface area (Å²) >= 11 is 0. The number of imide groups is 1. The molecule has 0 N–H and O–H groups in total. The second kappa shape index (κ2) is 6.45. The number of allylic oxidation sites excluding steroid dienone is 1. The van der Waals surface area contributed by atoms with E-state index in [1.165, 1.54) is 0 Å². The number of ether oxygens (including phenoxy) is 1. The van der Waals surface area contributed by atoms with E-state index in [1.807, 2.05) is 56.3 Å². The van der Waals surface area contributed by atoms with Crippen LogP contribution in [0.15, 0.2) is 48.5 Å². The lowest BCUT2D eigenvalue weighted by atomic mass is 9.96. The van der Waals surface area contributed by atoms with Crippen molar-refractivity contribution in [2.75, 3.05) is 4.90 Å². The van der Waals surface area contributed by atoms with E-state index in [4.69, 9.17) is 4.74 Å². The molecule has 2 aromatic carbocycles. The molecule has 0 aromatic heterocycles. The number of carbonyl (C=O) groups excluding carboxylic acids is 2. The number of nitrogens with zero attached hydrogens (tertiary/aromatic N) is 1. The number of carbonyl (C=O) groups is 2. The van der Waals surface area contributed by atoms with Crippen LogP contribution in [0, 0.1) is 6.92 Å². The van der Waals surface area contributed by atoms with Gasteiger partial charge in [0.2, 0.25) is 0 Å². The summed E-state index contributed by atoms with van der Waals surface area (Å²) in [5.41, 5.74) is 4.13. The smallest absolute Gasteiger partial charge is 0.422 e. The quantitative estimate of drug-likeness (QED) is 0.664. The number of amides is 2. The van der Waals surface area contributed by atoms with Crippen LogP contribution in [0.4, 0.5) is 10.5 Å². The zero-order valence-corrected chi connectivity index (χ0v) is 15.8. The Morgan fingerprint density at radius 1 is 1.00 bits per heavy atom.